The number of hydrogen-bond donors (Lipinski definition) is 2. The minimum absolute atomic E-state index is 0.0192. The van der Waals surface area contributed by atoms with Crippen molar-refractivity contribution in [2.45, 2.75) is 33.3 Å². The first kappa shape index (κ1) is 15.8. The van der Waals surface area contributed by atoms with Crippen LogP contribution in [0.1, 0.15) is 33.3 Å². The molecule has 0 fully saturated rings. The molecule has 1 rings (SSSR count). The van der Waals surface area contributed by atoms with Gasteiger partial charge in [0.2, 0.25) is 0 Å². The lowest BCUT2D eigenvalue weighted by Gasteiger charge is -2.18. The van der Waals surface area contributed by atoms with E-state index in [9.17, 15) is 9.90 Å². The van der Waals surface area contributed by atoms with Gasteiger partial charge >= 0.3 is 6.09 Å². The predicted molar refractivity (Wildman–Crippen MR) is 76.2 cm³/mol. The van der Waals surface area contributed by atoms with Gasteiger partial charge in [-0.05, 0) is 39.8 Å². The SMILES string of the molecule is CCOc1ccc(/C=N\NC(=O)OC(C)(C)C)c(O)c1. The highest BCUT2D eigenvalue weighted by molar-refractivity contribution is 5.84. The molecule has 1 aromatic carbocycles. The second-order valence-electron chi connectivity index (χ2n) is 5.03. The number of phenolic OH excluding ortho intramolecular Hbond substituents is 1. The second-order valence-corrected chi connectivity index (χ2v) is 5.03. The maximum Gasteiger partial charge on any atom is 0.428 e. The van der Waals surface area contributed by atoms with E-state index >= 15 is 0 Å². The molecule has 0 aliphatic rings. The molecule has 0 spiro atoms. The first-order valence-electron chi connectivity index (χ1n) is 6.29. The molecule has 110 valence electrons. The van der Waals surface area contributed by atoms with Crippen LogP contribution in [0.25, 0.3) is 0 Å². The van der Waals surface area contributed by atoms with E-state index in [-0.39, 0.29) is 5.75 Å². The summed E-state index contributed by atoms with van der Waals surface area (Å²) < 4.78 is 10.3. The number of nitrogens with zero attached hydrogens (tertiary/aromatic N) is 1. The molecule has 1 aromatic rings. The maximum atomic E-state index is 11.3. The summed E-state index contributed by atoms with van der Waals surface area (Å²) in [6.45, 7) is 7.65. The minimum Gasteiger partial charge on any atom is -0.507 e. The first-order chi connectivity index (χ1) is 9.31. The van der Waals surface area contributed by atoms with Crippen LogP contribution in [0.2, 0.25) is 0 Å². The number of carbonyl (C=O) groups excluding carboxylic acids is 1. The number of ether oxygens (including phenoxy) is 2. The highest BCUT2D eigenvalue weighted by Crippen LogP contribution is 2.22. The number of amides is 1. The van der Waals surface area contributed by atoms with Crippen molar-refractivity contribution in [3.8, 4) is 11.5 Å². The molecule has 6 nitrogen and oxygen atoms in total. The summed E-state index contributed by atoms with van der Waals surface area (Å²) in [6.07, 6.45) is 0.675. The molecular weight excluding hydrogens is 260 g/mol. The molecule has 0 aromatic heterocycles. The van der Waals surface area contributed by atoms with Crippen molar-refractivity contribution in [1.29, 1.82) is 0 Å². The van der Waals surface area contributed by atoms with E-state index < -0.39 is 11.7 Å². The van der Waals surface area contributed by atoms with E-state index in [0.717, 1.165) is 0 Å². The van der Waals surface area contributed by atoms with Crippen molar-refractivity contribution in [1.82, 2.24) is 5.43 Å². The zero-order valence-electron chi connectivity index (χ0n) is 12.1. The molecule has 0 saturated heterocycles. The normalized spacial score (nSPS) is 11.4. The van der Waals surface area contributed by atoms with E-state index in [0.29, 0.717) is 17.9 Å². The standard InChI is InChI=1S/C14H20N2O4/c1-5-19-11-7-6-10(12(17)8-11)9-15-16-13(18)20-14(2,3)4/h6-9,17H,5H2,1-4H3,(H,16,18)/b15-9-. The van der Waals surface area contributed by atoms with Gasteiger partial charge in [-0.25, -0.2) is 10.2 Å². The monoisotopic (exact) mass is 280 g/mol. The van der Waals surface area contributed by atoms with Crippen LogP contribution in [0.5, 0.6) is 11.5 Å². The third kappa shape index (κ3) is 5.60. The Hall–Kier alpha value is -2.24. The number of rotatable bonds is 4. The topological polar surface area (TPSA) is 80.2 Å². The largest absolute Gasteiger partial charge is 0.507 e. The molecule has 0 bridgehead atoms. The van der Waals surface area contributed by atoms with Crippen molar-refractivity contribution in [3.05, 3.63) is 23.8 Å². The zero-order valence-corrected chi connectivity index (χ0v) is 12.1. The molecule has 0 aliphatic heterocycles. The lowest BCUT2D eigenvalue weighted by molar-refractivity contribution is 0.0529. The van der Waals surface area contributed by atoms with Crippen molar-refractivity contribution >= 4 is 12.3 Å². The Balaban J connectivity index is 2.60. The van der Waals surface area contributed by atoms with Crippen LogP contribution in [0.4, 0.5) is 4.79 Å². The van der Waals surface area contributed by atoms with Crippen molar-refractivity contribution in [2.75, 3.05) is 6.61 Å². The predicted octanol–water partition coefficient (Wildman–Crippen LogP) is 2.65. The van der Waals surface area contributed by atoms with Gasteiger partial charge in [0.15, 0.2) is 0 Å². The highest BCUT2D eigenvalue weighted by atomic mass is 16.6. The zero-order chi connectivity index (χ0) is 15.2. The average molecular weight is 280 g/mol. The van der Waals surface area contributed by atoms with Gasteiger partial charge in [-0.15, -0.1) is 0 Å². The lowest BCUT2D eigenvalue weighted by atomic mass is 10.2. The van der Waals surface area contributed by atoms with Gasteiger partial charge < -0.3 is 14.6 Å². The summed E-state index contributed by atoms with van der Waals surface area (Å²) >= 11 is 0. The van der Waals surface area contributed by atoms with Crippen LogP contribution < -0.4 is 10.2 Å². The first-order valence-corrected chi connectivity index (χ1v) is 6.29. The van der Waals surface area contributed by atoms with Crippen LogP contribution >= 0.6 is 0 Å². The number of nitrogens with one attached hydrogen (secondary N) is 1. The Bertz CT molecular complexity index is 492. The van der Waals surface area contributed by atoms with Gasteiger partial charge in [0, 0.05) is 11.6 Å². The number of aromatic hydroxyl groups is 1. The van der Waals surface area contributed by atoms with Crippen LogP contribution in [-0.2, 0) is 4.74 Å². The number of hydrazone groups is 1. The van der Waals surface area contributed by atoms with Crippen molar-refractivity contribution in [2.24, 2.45) is 5.10 Å². The quantitative estimate of drug-likeness (QED) is 0.656. The molecule has 0 radical (unpaired) electrons. The summed E-state index contributed by atoms with van der Waals surface area (Å²) in [5, 5.41) is 13.5. The maximum absolute atomic E-state index is 11.3. The summed E-state index contributed by atoms with van der Waals surface area (Å²) in [6, 6.07) is 4.83. The summed E-state index contributed by atoms with van der Waals surface area (Å²) in [5.74, 6) is 0.591. The molecule has 6 heteroatoms. The smallest absolute Gasteiger partial charge is 0.428 e. The fourth-order valence-corrected chi connectivity index (χ4v) is 1.34. The van der Waals surface area contributed by atoms with E-state index in [1.54, 1.807) is 32.9 Å². The second kappa shape index (κ2) is 6.79. The van der Waals surface area contributed by atoms with E-state index in [2.05, 4.69) is 10.5 Å². The molecular formula is C14H20N2O4. The van der Waals surface area contributed by atoms with Crippen molar-refractivity contribution < 1.29 is 19.4 Å². The van der Waals surface area contributed by atoms with Crippen molar-refractivity contribution in [3.63, 3.8) is 0 Å². The molecule has 0 unspecified atom stereocenters. The van der Waals surface area contributed by atoms with Gasteiger partial charge in [-0.1, -0.05) is 0 Å². The minimum atomic E-state index is -0.654. The fraction of sp³-hybridized carbons (Fsp3) is 0.429. The van der Waals surface area contributed by atoms with E-state index in [4.69, 9.17) is 9.47 Å². The summed E-state index contributed by atoms with van der Waals surface area (Å²) in [5.41, 5.74) is 2.10. The fourth-order valence-electron chi connectivity index (χ4n) is 1.34. The molecule has 0 atom stereocenters. The van der Waals surface area contributed by atoms with E-state index in [1.807, 2.05) is 6.92 Å². The molecule has 0 saturated carbocycles. The van der Waals surface area contributed by atoms with Gasteiger partial charge in [0.1, 0.15) is 17.1 Å². The molecule has 1 amide bonds. The highest BCUT2D eigenvalue weighted by Gasteiger charge is 2.15. The Kier molecular flexibility index (Phi) is 5.37. The lowest BCUT2D eigenvalue weighted by Crippen LogP contribution is -2.29. The third-order valence-electron chi connectivity index (χ3n) is 2.07. The number of hydrogen-bond acceptors (Lipinski definition) is 5. The Morgan fingerprint density at radius 3 is 2.70 bits per heavy atom. The third-order valence-corrected chi connectivity index (χ3v) is 2.07. The Morgan fingerprint density at radius 1 is 1.45 bits per heavy atom. The average Bonchev–Trinajstić information content (AvgIpc) is 2.30. The van der Waals surface area contributed by atoms with Crippen LogP contribution in [0.3, 0.4) is 0 Å². The Labute approximate surface area is 118 Å². The Morgan fingerprint density at radius 2 is 2.15 bits per heavy atom. The van der Waals surface area contributed by atoms with E-state index in [1.165, 1.54) is 12.3 Å². The summed E-state index contributed by atoms with van der Waals surface area (Å²) in [4.78, 5) is 11.3. The molecule has 0 aliphatic carbocycles. The summed E-state index contributed by atoms with van der Waals surface area (Å²) in [7, 11) is 0. The van der Waals surface area contributed by atoms with Gasteiger partial charge in [0.05, 0.1) is 12.8 Å². The van der Waals surface area contributed by atoms with Crippen LogP contribution in [0, 0.1) is 0 Å². The molecule has 20 heavy (non-hydrogen) atoms. The number of carbonyl (C=O) groups is 1. The molecule has 2 N–H and O–H groups in total. The molecule has 0 heterocycles. The van der Waals surface area contributed by atoms with Crippen LogP contribution in [-0.4, -0.2) is 29.6 Å². The van der Waals surface area contributed by atoms with Crippen LogP contribution in [0.15, 0.2) is 23.3 Å². The van der Waals surface area contributed by atoms with Gasteiger partial charge in [-0.2, -0.15) is 5.10 Å². The van der Waals surface area contributed by atoms with Gasteiger partial charge in [-0.3, -0.25) is 0 Å². The van der Waals surface area contributed by atoms with Gasteiger partial charge in [0.25, 0.3) is 0 Å². The number of phenols is 1. The number of benzene rings is 1.